The van der Waals surface area contributed by atoms with Crippen molar-refractivity contribution in [2.75, 3.05) is 5.32 Å². The Labute approximate surface area is 206 Å². The van der Waals surface area contributed by atoms with Crippen LogP contribution in [0.2, 0.25) is 0 Å². The van der Waals surface area contributed by atoms with Crippen LogP contribution in [-0.2, 0) is 0 Å². The lowest BCUT2D eigenvalue weighted by Crippen LogP contribution is -2.49. The first-order valence-electron chi connectivity index (χ1n) is 10.5. The standard InChI is InChI=1S/C25H13N3O9/c29-19(26-14-8-12(24(34)35)7-13(9-14)25(36)37)11-5-6-17-18(10-11)23(33)28(22(17)32)27-20(30)15-3-1-2-4-16(15)21(27)31/h1-10H,(H,26,29)(H,34,35)(H,36,37). The van der Waals surface area contributed by atoms with Gasteiger partial charge in [0.05, 0.1) is 33.4 Å². The molecular weight excluding hydrogens is 486 g/mol. The Morgan fingerprint density at radius 2 is 1.03 bits per heavy atom. The van der Waals surface area contributed by atoms with E-state index in [0.29, 0.717) is 10.0 Å². The van der Waals surface area contributed by atoms with E-state index in [0.717, 1.165) is 24.3 Å². The van der Waals surface area contributed by atoms with Crippen molar-refractivity contribution in [1.82, 2.24) is 10.0 Å². The molecule has 5 amide bonds. The fourth-order valence-electron chi connectivity index (χ4n) is 4.06. The molecule has 0 bridgehead atoms. The largest absolute Gasteiger partial charge is 0.478 e. The molecular formula is C25H13N3O9. The highest BCUT2D eigenvalue weighted by Gasteiger charge is 2.48. The molecule has 0 saturated heterocycles. The molecule has 0 radical (unpaired) electrons. The van der Waals surface area contributed by atoms with Crippen LogP contribution in [-0.4, -0.2) is 61.7 Å². The highest BCUT2D eigenvalue weighted by atomic mass is 16.4. The quantitative estimate of drug-likeness (QED) is 0.444. The molecule has 0 fully saturated rings. The maximum atomic E-state index is 13.1. The highest BCUT2D eigenvalue weighted by Crippen LogP contribution is 2.31. The van der Waals surface area contributed by atoms with E-state index >= 15 is 0 Å². The Kier molecular flexibility index (Phi) is 5.14. The lowest BCUT2D eigenvalue weighted by Gasteiger charge is -2.23. The minimum Gasteiger partial charge on any atom is -0.478 e. The summed E-state index contributed by atoms with van der Waals surface area (Å²) < 4.78 is 0. The summed E-state index contributed by atoms with van der Waals surface area (Å²) in [5.74, 6) is -7.27. The van der Waals surface area contributed by atoms with Crippen molar-refractivity contribution < 1.29 is 43.8 Å². The summed E-state index contributed by atoms with van der Waals surface area (Å²) in [5, 5.41) is 21.7. The molecule has 182 valence electrons. The first-order valence-corrected chi connectivity index (χ1v) is 10.5. The molecule has 12 heteroatoms. The van der Waals surface area contributed by atoms with Gasteiger partial charge in [-0.1, -0.05) is 12.1 Å². The summed E-state index contributed by atoms with van der Waals surface area (Å²) in [6.07, 6.45) is 0. The van der Waals surface area contributed by atoms with E-state index in [4.69, 9.17) is 0 Å². The van der Waals surface area contributed by atoms with E-state index < -0.39 is 41.5 Å². The third kappa shape index (κ3) is 3.60. The minimum absolute atomic E-state index is 0.0356. The second kappa shape index (κ2) is 8.23. The van der Waals surface area contributed by atoms with Gasteiger partial charge in [-0.25, -0.2) is 9.59 Å². The van der Waals surface area contributed by atoms with Gasteiger partial charge in [0.2, 0.25) is 0 Å². The van der Waals surface area contributed by atoms with Gasteiger partial charge in [0.25, 0.3) is 29.5 Å². The molecule has 3 aromatic rings. The Morgan fingerprint density at radius 3 is 1.51 bits per heavy atom. The summed E-state index contributed by atoms with van der Waals surface area (Å²) in [4.78, 5) is 87.0. The van der Waals surface area contributed by atoms with Crippen molar-refractivity contribution in [1.29, 1.82) is 0 Å². The number of benzene rings is 3. The molecule has 3 aromatic carbocycles. The van der Waals surface area contributed by atoms with Gasteiger partial charge in [0, 0.05) is 11.3 Å². The number of carbonyl (C=O) groups is 7. The molecule has 3 N–H and O–H groups in total. The van der Waals surface area contributed by atoms with Crippen LogP contribution in [0.3, 0.4) is 0 Å². The molecule has 0 aromatic heterocycles. The Bertz CT molecular complexity index is 1560. The van der Waals surface area contributed by atoms with Crippen LogP contribution >= 0.6 is 0 Å². The summed E-state index contributed by atoms with van der Waals surface area (Å²) in [7, 11) is 0. The smallest absolute Gasteiger partial charge is 0.335 e. The number of fused-ring (bicyclic) bond motifs is 2. The monoisotopic (exact) mass is 499 g/mol. The molecule has 2 heterocycles. The SMILES string of the molecule is O=C(O)c1cc(NC(=O)c2ccc3c(c2)C(=O)N(N2C(=O)c4ccccc4C2=O)C3=O)cc(C(=O)O)c1. The van der Waals surface area contributed by atoms with Crippen molar-refractivity contribution in [2.45, 2.75) is 0 Å². The lowest BCUT2D eigenvalue weighted by atomic mass is 10.0. The second-order valence-corrected chi connectivity index (χ2v) is 8.01. The molecule has 0 spiro atoms. The Balaban J connectivity index is 1.44. The number of hydrogen-bond donors (Lipinski definition) is 3. The van der Waals surface area contributed by atoms with Gasteiger partial charge in [0.15, 0.2) is 0 Å². The van der Waals surface area contributed by atoms with Crippen LogP contribution in [0.4, 0.5) is 5.69 Å². The maximum absolute atomic E-state index is 13.1. The minimum atomic E-state index is -1.41. The first kappa shape index (κ1) is 23.1. The zero-order chi connectivity index (χ0) is 26.6. The number of nitrogens with zero attached hydrogens (tertiary/aromatic N) is 2. The van der Waals surface area contributed by atoms with Crippen molar-refractivity contribution in [3.63, 3.8) is 0 Å². The number of hydrazine groups is 1. The molecule has 0 unspecified atom stereocenters. The fourth-order valence-corrected chi connectivity index (χ4v) is 4.06. The van der Waals surface area contributed by atoms with Crippen molar-refractivity contribution >= 4 is 47.2 Å². The first-order chi connectivity index (χ1) is 17.6. The summed E-state index contributed by atoms with van der Waals surface area (Å²) in [6.45, 7) is 0. The molecule has 2 aliphatic rings. The van der Waals surface area contributed by atoms with Crippen LogP contribution in [0.25, 0.3) is 0 Å². The van der Waals surface area contributed by atoms with Crippen LogP contribution in [0.1, 0.15) is 72.5 Å². The predicted octanol–water partition coefficient (Wildman–Crippen LogP) is 2.14. The number of nitrogens with one attached hydrogen (secondary N) is 1. The number of rotatable bonds is 5. The van der Waals surface area contributed by atoms with E-state index in [1.807, 2.05) is 0 Å². The van der Waals surface area contributed by atoms with Crippen molar-refractivity contribution in [3.05, 3.63) is 99.6 Å². The van der Waals surface area contributed by atoms with E-state index in [1.165, 1.54) is 36.4 Å². The average molecular weight is 499 g/mol. The van der Waals surface area contributed by atoms with Gasteiger partial charge >= 0.3 is 11.9 Å². The highest BCUT2D eigenvalue weighted by molar-refractivity contribution is 6.28. The third-order valence-corrected chi connectivity index (χ3v) is 5.78. The number of imide groups is 2. The number of amides is 5. The normalized spacial score (nSPS) is 14.1. The van der Waals surface area contributed by atoms with Crippen LogP contribution in [0.5, 0.6) is 0 Å². The molecule has 5 rings (SSSR count). The lowest BCUT2D eigenvalue weighted by molar-refractivity contribution is 0.00845. The van der Waals surface area contributed by atoms with Crippen molar-refractivity contribution in [2.24, 2.45) is 0 Å². The summed E-state index contributed by atoms with van der Waals surface area (Å²) in [6, 6.07) is 12.4. The maximum Gasteiger partial charge on any atom is 0.335 e. The van der Waals surface area contributed by atoms with Gasteiger partial charge in [-0.3, -0.25) is 24.0 Å². The van der Waals surface area contributed by atoms with Gasteiger partial charge in [-0.15, -0.1) is 0 Å². The molecule has 0 saturated carbocycles. The fraction of sp³-hybridized carbons (Fsp3) is 0. The van der Waals surface area contributed by atoms with Gasteiger partial charge in [-0.05, 0) is 48.5 Å². The van der Waals surface area contributed by atoms with Crippen LogP contribution in [0, 0.1) is 0 Å². The zero-order valence-corrected chi connectivity index (χ0v) is 18.4. The average Bonchev–Trinajstić information content (AvgIpc) is 3.27. The van der Waals surface area contributed by atoms with Crippen molar-refractivity contribution in [3.8, 4) is 0 Å². The molecule has 2 aliphatic heterocycles. The summed E-state index contributed by atoms with van der Waals surface area (Å²) in [5.41, 5.74) is -1.30. The number of carboxylic acid groups (broad SMARTS) is 2. The third-order valence-electron chi connectivity index (χ3n) is 5.78. The van der Waals surface area contributed by atoms with Gasteiger partial charge in [-0.2, -0.15) is 10.0 Å². The van der Waals surface area contributed by atoms with E-state index in [9.17, 15) is 43.8 Å². The van der Waals surface area contributed by atoms with Crippen LogP contribution < -0.4 is 5.32 Å². The Hall–Kier alpha value is -5.65. The number of hydrogen-bond acceptors (Lipinski definition) is 7. The molecule has 0 aliphatic carbocycles. The van der Waals surface area contributed by atoms with E-state index in [2.05, 4.69) is 5.32 Å². The molecule has 12 nitrogen and oxygen atoms in total. The number of anilines is 1. The van der Waals surface area contributed by atoms with Crippen LogP contribution in [0.15, 0.2) is 60.7 Å². The van der Waals surface area contributed by atoms with Gasteiger partial charge in [0.1, 0.15) is 0 Å². The Morgan fingerprint density at radius 1 is 0.568 bits per heavy atom. The number of aromatic carboxylic acids is 2. The zero-order valence-electron chi connectivity index (χ0n) is 18.4. The van der Waals surface area contributed by atoms with E-state index in [1.54, 1.807) is 0 Å². The number of carboxylic acids is 2. The predicted molar refractivity (Wildman–Crippen MR) is 122 cm³/mol. The number of carbonyl (C=O) groups excluding carboxylic acids is 5. The summed E-state index contributed by atoms with van der Waals surface area (Å²) >= 11 is 0. The topological polar surface area (TPSA) is 178 Å². The molecule has 0 atom stereocenters. The second-order valence-electron chi connectivity index (χ2n) is 8.01. The molecule has 37 heavy (non-hydrogen) atoms. The van der Waals surface area contributed by atoms with Gasteiger partial charge < -0.3 is 15.5 Å². The van der Waals surface area contributed by atoms with E-state index in [-0.39, 0.29) is 44.6 Å².